The van der Waals surface area contributed by atoms with Gasteiger partial charge in [-0.15, -0.1) is 0 Å². The van der Waals surface area contributed by atoms with Gasteiger partial charge in [-0.3, -0.25) is 20.2 Å². The quantitative estimate of drug-likeness (QED) is 0.351. The summed E-state index contributed by atoms with van der Waals surface area (Å²) in [6.07, 6.45) is 1.21. The Morgan fingerprint density at radius 2 is 1.90 bits per heavy atom. The lowest BCUT2D eigenvalue weighted by Gasteiger charge is -2.01. The molecule has 0 bridgehead atoms. The van der Waals surface area contributed by atoms with Crippen LogP contribution >= 0.6 is 0 Å². The van der Waals surface area contributed by atoms with Gasteiger partial charge in [-0.2, -0.15) is 0 Å². The number of nitrogens with zero attached hydrogens (tertiary/aromatic N) is 1. The highest BCUT2D eigenvalue weighted by Gasteiger charge is 2.27. The standard InChI is InChI=1S/C11H7N3O6/c15-10-6(12-11(16)13-10)1-5-2-8-9(20-4-19-8)3-7(5)14(17)18/h1-3H,4H2,(H2,12,13,15,16)/b6-1+. The predicted octanol–water partition coefficient (Wildman–Crippen LogP) is 0.504. The summed E-state index contributed by atoms with van der Waals surface area (Å²) in [4.78, 5) is 32.8. The SMILES string of the molecule is O=C1NC(=O)/C(=C\c2cc3c(cc2[N+](=O)[O-])OCO3)N1. The molecular formula is C11H7N3O6. The number of fused-ring (bicyclic) bond motifs is 1. The fourth-order valence-corrected chi connectivity index (χ4v) is 1.86. The van der Waals surface area contributed by atoms with E-state index in [1.165, 1.54) is 18.2 Å². The first-order valence-corrected chi connectivity index (χ1v) is 5.46. The van der Waals surface area contributed by atoms with Crippen LogP contribution in [0.25, 0.3) is 6.08 Å². The van der Waals surface area contributed by atoms with Crippen molar-refractivity contribution in [3.05, 3.63) is 33.5 Å². The predicted molar refractivity (Wildman–Crippen MR) is 63.9 cm³/mol. The highest BCUT2D eigenvalue weighted by atomic mass is 16.7. The van der Waals surface area contributed by atoms with E-state index in [1.54, 1.807) is 0 Å². The van der Waals surface area contributed by atoms with Gasteiger partial charge < -0.3 is 14.8 Å². The molecule has 2 aliphatic heterocycles. The molecule has 1 saturated heterocycles. The van der Waals surface area contributed by atoms with Gasteiger partial charge in [-0.05, 0) is 12.1 Å². The van der Waals surface area contributed by atoms with E-state index in [-0.39, 0.29) is 29.5 Å². The Hall–Kier alpha value is -3.10. The van der Waals surface area contributed by atoms with E-state index in [9.17, 15) is 19.7 Å². The largest absolute Gasteiger partial charge is 0.454 e. The molecule has 2 heterocycles. The average molecular weight is 277 g/mol. The third kappa shape index (κ3) is 1.90. The van der Waals surface area contributed by atoms with Gasteiger partial charge >= 0.3 is 6.03 Å². The number of ether oxygens (including phenoxy) is 2. The van der Waals surface area contributed by atoms with Crippen LogP contribution in [0.4, 0.5) is 10.5 Å². The van der Waals surface area contributed by atoms with Crippen molar-refractivity contribution in [1.29, 1.82) is 0 Å². The second kappa shape index (κ2) is 4.23. The molecule has 102 valence electrons. The number of imide groups is 1. The van der Waals surface area contributed by atoms with Crippen LogP contribution in [0.5, 0.6) is 11.5 Å². The van der Waals surface area contributed by atoms with Gasteiger partial charge in [-0.1, -0.05) is 0 Å². The molecule has 2 aliphatic rings. The molecule has 3 rings (SSSR count). The molecule has 0 spiro atoms. The first-order valence-electron chi connectivity index (χ1n) is 5.46. The molecule has 1 aromatic rings. The zero-order valence-electron chi connectivity index (χ0n) is 9.84. The number of hydrogen-bond acceptors (Lipinski definition) is 6. The molecule has 3 amide bonds. The monoisotopic (exact) mass is 277 g/mol. The van der Waals surface area contributed by atoms with Crippen molar-refractivity contribution in [2.75, 3.05) is 6.79 Å². The highest BCUT2D eigenvalue weighted by molar-refractivity contribution is 6.14. The summed E-state index contributed by atoms with van der Waals surface area (Å²) in [6, 6.07) is 1.92. The van der Waals surface area contributed by atoms with Crippen molar-refractivity contribution >= 4 is 23.7 Å². The van der Waals surface area contributed by atoms with E-state index in [1.807, 2.05) is 5.32 Å². The molecule has 0 radical (unpaired) electrons. The number of urea groups is 1. The molecule has 1 aromatic carbocycles. The van der Waals surface area contributed by atoms with E-state index in [0.29, 0.717) is 5.75 Å². The number of nitro groups is 1. The van der Waals surface area contributed by atoms with Crippen LogP contribution < -0.4 is 20.1 Å². The number of rotatable bonds is 2. The molecule has 0 saturated carbocycles. The Morgan fingerprint density at radius 1 is 1.20 bits per heavy atom. The second-order valence-electron chi connectivity index (χ2n) is 3.99. The van der Waals surface area contributed by atoms with Crippen LogP contribution in [0.1, 0.15) is 5.56 Å². The third-order valence-corrected chi connectivity index (χ3v) is 2.74. The minimum Gasteiger partial charge on any atom is -0.454 e. The average Bonchev–Trinajstić information content (AvgIpc) is 2.94. The first-order chi connectivity index (χ1) is 9.54. The van der Waals surface area contributed by atoms with Gasteiger partial charge in [0.2, 0.25) is 6.79 Å². The summed E-state index contributed by atoms with van der Waals surface area (Å²) in [6.45, 7) is -0.0241. The summed E-state index contributed by atoms with van der Waals surface area (Å²) in [5.74, 6) is -0.0482. The molecule has 2 N–H and O–H groups in total. The van der Waals surface area contributed by atoms with Crippen molar-refractivity contribution in [2.24, 2.45) is 0 Å². The van der Waals surface area contributed by atoms with Crippen molar-refractivity contribution in [2.45, 2.75) is 0 Å². The van der Waals surface area contributed by atoms with Gasteiger partial charge in [0.05, 0.1) is 16.6 Å². The van der Waals surface area contributed by atoms with Crippen LogP contribution in [-0.4, -0.2) is 23.7 Å². The molecule has 20 heavy (non-hydrogen) atoms. The smallest absolute Gasteiger partial charge is 0.326 e. The number of hydrogen-bond donors (Lipinski definition) is 2. The Balaban J connectivity index is 2.09. The number of amides is 3. The maximum absolute atomic E-state index is 11.4. The minimum atomic E-state index is -0.676. The van der Waals surface area contributed by atoms with E-state index in [2.05, 4.69) is 5.32 Å². The number of benzene rings is 1. The normalized spacial score (nSPS) is 18.1. The maximum atomic E-state index is 11.4. The fraction of sp³-hybridized carbons (Fsp3) is 0.0909. The van der Waals surface area contributed by atoms with Gasteiger partial charge in [-0.25, -0.2) is 4.79 Å². The van der Waals surface area contributed by atoms with Crippen LogP contribution in [0.3, 0.4) is 0 Å². The number of carbonyl (C=O) groups excluding carboxylic acids is 2. The molecule has 0 atom stereocenters. The van der Waals surface area contributed by atoms with E-state index < -0.39 is 16.9 Å². The van der Waals surface area contributed by atoms with Crippen LogP contribution in [0.2, 0.25) is 0 Å². The number of nitrogens with one attached hydrogen (secondary N) is 2. The van der Waals surface area contributed by atoms with Crippen LogP contribution in [-0.2, 0) is 4.79 Å². The molecule has 0 aliphatic carbocycles. The lowest BCUT2D eigenvalue weighted by molar-refractivity contribution is -0.385. The third-order valence-electron chi connectivity index (χ3n) is 2.74. The molecule has 1 fully saturated rings. The topological polar surface area (TPSA) is 120 Å². The fourth-order valence-electron chi connectivity index (χ4n) is 1.86. The molecule has 0 aromatic heterocycles. The van der Waals surface area contributed by atoms with Gasteiger partial charge in [0.15, 0.2) is 11.5 Å². The van der Waals surface area contributed by atoms with Gasteiger partial charge in [0.1, 0.15) is 5.70 Å². The summed E-state index contributed by atoms with van der Waals surface area (Å²) in [5, 5.41) is 15.3. The summed E-state index contributed by atoms with van der Waals surface area (Å²) in [5.41, 5.74) is -0.195. The van der Waals surface area contributed by atoms with Crippen molar-refractivity contribution in [1.82, 2.24) is 10.6 Å². The Bertz CT molecular complexity index is 681. The first kappa shape index (κ1) is 12.0. The minimum absolute atomic E-state index is 0.0241. The van der Waals surface area contributed by atoms with Crippen molar-refractivity contribution in [3.8, 4) is 11.5 Å². The zero-order valence-corrected chi connectivity index (χ0v) is 9.84. The Labute approximate surface area is 111 Å². The van der Waals surface area contributed by atoms with Crippen LogP contribution in [0, 0.1) is 10.1 Å². The molecule has 9 nitrogen and oxygen atoms in total. The lowest BCUT2D eigenvalue weighted by atomic mass is 10.1. The van der Waals surface area contributed by atoms with Crippen molar-refractivity contribution < 1.29 is 24.0 Å². The van der Waals surface area contributed by atoms with Gasteiger partial charge in [0, 0.05) is 0 Å². The van der Waals surface area contributed by atoms with E-state index in [4.69, 9.17) is 9.47 Å². The summed E-state index contributed by atoms with van der Waals surface area (Å²) >= 11 is 0. The maximum Gasteiger partial charge on any atom is 0.326 e. The van der Waals surface area contributed by atoms with Gasteiger partial charge in [0.25, 0.3) is 11.6 Å². The Morgan fingerprint density at radius 3 is 2.50 bits per heavy atom. The lowest BCUT2D eigenvalue weighted by Crippen LogP contribution is -2.22. The number of carbonyl (C=O) groups is 2. The number of nitro benzene ring substituents is 1. The van der Waals surface area contributed by atoms with E-state index in [0.717, 1.165) is 0 Å². The molecule has 9 heteroatoms. The van der Waals surface area contributed by atoms with Crippen molar-refractivity contribution in [3.63, 3.8) is 0 Å². The molecular weight excluding hydrogens is 270 g/mol. The Kier molecular flexibility index (Phi) is 2.53. The summed E-state index contributed by atoms with van der Waals surface area (Å²) in [7, 11) is 0. The highest BCUT2D eigenvalue weighted by Crippen LogP contribution is 2.38. The second-order valence-corrected chi connectivity index (χ2v) is 3.99. The zero-order chi connectivity index (χ0) is 14.3. The van der Waals surface area contributed by atoms with Crippen LogP contribution in [0.15, 0.2) is 17.8 Å². The molecule has 0 unspecified atom stereocenters. The summed E-state index contributed by atoms with van der Waals surface area (Å²) < 4.78 is 10.2. The van der Waals surface area contributed by atoms with E-state index >= 15 is 0 Å².